The normalized spacial score (nSPS) is 14.4. The van der Waals surface area contributed by atoms with E-state index in [1.54, 1.807) is 11.8 Å². The highest BCUT2D eigenvalue weighted by atomic mass is 32.2. The molecule has 13 heavy (non-hydrogen) atoms. The van der Waals surface area contributed by atoms with Crippen molar-refractivity contribution < 1.29 is 13.5 Å². The number of sulfone groups is 1. The molecule has 0 bridgehead atoms. The fourth-order valence-electron chi connectivity index (χ4n) is 0.797. The molecule has 0 rings (SSSR count). The SMILES string of the molecule is CCCSCC(O)CCS(C)(=O)=O. The second-order valence-corrected chi connectivity index (χ2v) is 6.56. The van der Waals surface area contributed by atoms with Gasteiger partial charge in [0.2, 0.25) is 0 Å². The van der Waals surface area contributed by atoms with Crippen molar-refractivity contribution >= 4 is 21.6 Å². The number of hydrogen-bond acceptors (Lipinski definition) is 4. The summed E-state index contributed by atoms with van der Waals surface area (Å²) in [6, 6.07) is 0. The van der Waals surface area contributed by atoms with Crippen molar-refractivity contribution in [2.75, 3.05) is 23.5 Å². The third-order valence-corrected chi connectivity index (χ3v) is 3.78. The Morgan fingerprint density at radius 3 is 2.54 bits per heavy atom. The summed E-state index contributed by atoms with van der Waals surface area (Å²) in [7, 11) is -2.92. The Kier molecular flexibility index (Phi) is 6.81. The van der Waals surface area contributed by atoms with E-state index < -0.39 is 15.9 Å². The molecule has 0 spiro atoms. The van der Waals surface area contributed by atoms with Crippen molar-refractivity contribution in [1.82, 2.24) is 0 Å². The van der Waals surface area contributed by atoms with Crippen LogP contribution >= 0.6 is 11.8 Å². The van der Waals surface area contributed by atoms with Crippen LogP contribution in [-0.2, 0) is 9.84 Å². The van der Waals surface area contributed by atoms with E-state index in [0.717, 1.165) is 12.2 Å². The van der Waals surface area contributed by atoms with Crippen molar-refractivity contribution in [3.05, 3.63) is 0 Å². The number of aliphatic hydroxyl groups is 1. The van der Waals surface area contributed by atoms with Gasteiger partial charge in [0.15, 0.2) is 0 Å². The maximum Gasteiger partial charge on any atom is 0.147 e. The molecule has 1 unspecified atom stereocenters. The van der Waals surface area contributed by atoms with E-state index in [0.29, 0.717) is 12.2 Å². The van der Waals surface area contributed by atoms with Gasteiger partial charge in [-0.1, -0.05) is 6.92 Å². The minimum Gasteiger partial charge on any atom is -0.392 e. The zero-order chi connectivity index (χ0) is 10.3. The van der Waals surface area contributed by atoms with Crippen LogP contribution in [0.3, 0.4) is 0 Å². The van der Waals surface area contributed by atoms with Gasteiger partial charge in [-0.25, -0.2) is 8.42 Å². The maximum atomic E-state index is 10.7. The average Bonchev–Trinajstić information content (AvgIpc) is 2.00. The van der Waals surface area contributed by atoms with E-state index in [4.69, 9.17) is 0 Å². The Morgan fingerprint density at radius 1 is 1.46 bits per heavy atom. The number of rotatable bonds is 7. The van der Waals surface area contributed by atoms with E-state index in [1.165, 1.54) is 6.26 Å². The number of thioether (sulfide) groups is 1. The lowest BCUT2D eigenvalue weighted by Crippen LogP contribution is -2.16. The third-order valence-electron chi connectivity index (χ3n) is 1.48. The average molecular weight is 226 g/mol. The first-order valence-corrected chi connectivity index (χ1v) is 7.60. The van der Waals surface area contributed by atoms with Crippen LogP contribution in [0, 0.1) is 0 Å². The third kappa shape index (κ3) is 10.2. The van der Waals surface area contributed by atoms with Crippen LogP contribution < -0.4 is 0 Å². The summed E-state index contributed by atoms with van der Waals surface area (Å²) < 4.78 is 21.5. The second kappa shape index (κ2) is 6.68. The van der Waals surface area contributed by atoms with Crippen molar-refractivity contribution in [3.8, 4) is 0 Å². The van der Waals surface area contributed by atoms with Gasteiger partial charge in [0.1, 0.15) is 9.84 Å². The predicted molar refractivity (Wildman–Crippen MR) is 58.0 cm³/mol. The largest absolute Gasteiger partial charge is 0.392 e. The molecule has 3 nitrogen and oxygen atoms in total. The van der Waals surface area contributed by atoms with Crippen molar-refractivity contribution in [2.24, 2.45) is 0 Å². The molecular weight excluding hydrogens is 208 g/mol. The molecule has 0 saturated carbocycles. The highest BCUT2D eigenvalue weighted by Crippen LogP contribution is 2.07. The van der Waals surface area contributed by atoms with Crippen molar-refractivity contribution in [3.63, 3.8) is 0 Å². The minimum absolute atomic E-state index is 0.0842. The zero-order valence-corrected chi connectivity index (χ0v) is 9.83. The predicted octanol–water partition coefficient (Wildman–Crippen LogP) is 0.925. The van der Waals surface area contributed by atoms with Crippen LogP contribution in [0.4, 0.5) is 0 Å². The molecule has 80 valence electrons. The Labute approximate surface area is 84.8 Å². The van der Waals surface area contributed by atoms with E-state index in [2.05, 4.69) is 6.92 Å². The summed E-state index contributed by atoms with van der Waals surface area (Å²) in [5.74, 6) is 1.75. The summed E-state index contributed by atoms with van der Waals surface area (Å²) >= 11 is 1.67. The van der Waals surface area contributed by atoms with Gasteiger partial charge in [-0.3, -0.25) is 0 Å². The molecule has 0 aliphatic carbocycles. The first-order chi connectivity index (χ1) is 5.95. The molecule has 0 aromatic carbocycles. The number of aliphatic hydroxyl groups excluding tert-OH is 1. The lowest BCUT2D eigenvalue weighted by molar-refractivity contribution is 0.196. The van der Waals surface area contributed by atoms with Gasteiger partial charge in [-0.15, -0.1) is 0 Å². The summed E-state index contributed by atoms with van der Waals surface area (Å²) in [5, 5.41) is 9.35. The van der Waals surface area contributed by atoms with Gasteiger partial charge in [0.25, 0.3) is 0 Å². The van der Waals surface area contributed by atoms with Crippen molar-refractivity contribution in [1.29, 1.82) is 0 Å². The number of hydrogen-bond donors (Lipinski definition) is 1. The molecule has 0 amide bonds. The smallest absolute Gasteiger partial charge is 0.147 e. The van der Waals surface area contributed by atoms with E-state index in [1.807, 2.05) is 0 Å². The molecule has 0 aromatic rings. The highest BCUT2D eigenvalue weighted by molar-refractivity contribution is 7.99. The molecule has 0 aliphatic heterocycles. The minimum atomic E-state index is -2.92. The van der Waals surface area contributed by atoms with Gasteiger partial charge in [-0.05, 0) is 18.6 Å². The molecule has 0 aromatic heterocycles. The van der Waals surface area contributed by atoms with Gasteiger partial charge < -0.3 is 5.11 Å². The quantitative estimate of drug-likeness (QED) is 0.656. The Morgan fingerprint density at radius 2 is 2.08 bits per heavy atom. The molecule has 0 aliphatic rings. The first-order valence-electron chi connectivity index (χ1n) is 4.39. The second-order valence-electron chi connectivity index (χ2n) is 3.15. The van der Waals surface area contributed by atoms with E-state index >= 15 is 0 Å². The van der Waals surface area contributed by atoms with E-state index in [-0.39, 0.29) is 5.75 Å². The van der Waals surface area contributed by atoms with Gasteiger partial charge >= 0.3 is 0 Å². The van der Waals surface area contributed by atoms with Crippen LogP contribution in [0.25, 0.3) is 0 Å². The standard InChI is InChI=1S/C8H18O3S2/c1-3-5-12-7-8(9)4-6-13(2,10)11/h8-9H,3-7H2,1-2H3. The Hall–Kier alpha value is 0.260. The summed E-state index contributed by atoms with van der Waals surface area (Å²) in [5.41, 5.74) is 0. The van der Waals surface area contributed by atoms with Gasteiger partial charge in [0.05, 0.1) is 11.9 Å². The monoisotopic (exact) mass is 226 g/mol. The van der Waals surface area contributed by atoms with Gasteiger partial charge in [0, 0.05) is 12.0 Å². The molecule has 0 radical (unpaired) electrons. The Bertz CT molecular complexity index is 211. The summed E-state index contributed by atoms with van der Waals surface area (Å²) in [6.45, 7) is 2.08. The molecular formula is C8H18O3S2. The fourth-order valence-corrected chi connectivity index (χ4v) is 2.39. The first kappa shape index (κ1) is 13.3. The van der Waals surface area contributed by atoms with Crippen LogP contribution in [0.5, 0.6) is 0 Å². The van der Waals surface area contributed by atoms with E-state index in [9.17, 15) is 13.5 Å². The summed E-state index contributed by atoms with van der Waals surface area (Å²) in [6.07, 6.45) is 2.16. The molecule has 5 heteroatoms. The van der Waals surface area contributed by atoms with Crippen LogP contribution in [0.15, 0.2) is 0 Å². The maximum absolute atomic E-state index is 10.7. The zero-order valence-electron chi connectivity index (χ0n) is 8.19. The van der Waals surface area contributed by atoms with Crippen molar-refractivity contribution in [2.45, 2.75) is 25.9 Å². The molecule has 1 N–H and O–H groups in total. The Balaban J connectivity index is 3.46. The van der Waals surface area contributed by atoms with Crippen LogP contribution in [-0.4, -0.2) is 43.1 Å². The van der Waals surface area contributed by atoms with Crippen LogP contribution in [0.1, 0.15) is 19.8 Å². The molecule has 0 saturated heterocycles. The highest BCUT2D eigenvalue weighted by Gasteiger charge is 2.08. The fraction of sp³-hybridized carbons (Fsp3) is 1.00. The van der Waals surface area contributed by atoms with Crippen LogP contribution in [0.2, 0.25) is 0 Å². The summed E-state index contributed by atoms with van der Waals surface area (Å²) in [4.78, 5) is 0. The molecule has 0 fully saturated rings. The molecule has 0 heterocycles. The topological polar surface area (TPSA) is 54.4 Å². The molecule has 1 atom stereocenters. The lowest BCUT2D eigenvalue weighted by atomic mass is 10.3. The lowest BCUT2D eigenvalue weighted by Gasteiger charge is -2.08. The van der Waals surface area contributed by atoms with Gasteiger partial charge in [-0.2, -0.15) is 11.8 Å².